The van der Waals surface area contributed by atoms with E-state index in [0.29, 0.717) is 12.5 Å². The smallest absolute Gasteiger partial charge is 0.120 e. The summed E-state index contributed by atoms with van der Waals surface area (Å²) in [5, 5.41) is 13.1. The summed E-state index contributed by atoms with van der Waals surface area (Å²) in [7, 11) is 0. The van der Waals surface area contributed by atoms with Crippen molar-refractivity contribution < 1.29 is 9.84 Å². The van der Waals surface area contributed by atoms with E-state index < -0.39 is 6.10 Å². The Hall–Kier alpha value is -2.56. The Morgan fingerprint density at radius 2 is 1.70 bits per heavy atom. The van der Waals surface area contributed by atoms with Gasteiger partial charge in [0.2, 0.25) is 0 Å². The SMILES string of the molecule is Cl.OC(COc1ccc2ccccc2c1)Cn1c(C2CCCC2)nc2ccccc21. The van der Waals surface area contributed by atoms with Crippen LogP contribution in [0.25, 0.3) is 21.8 Å². The molecule has 0 bridgehead atoms. The first-order valence-corrected chi connectivity index (χ1v) is 10.5. The van der Waals surface area contributed by atoms with Gasteiger partial charge in [-0.1, -0.05) is 55.3 Å². The molecular weight excluding hydrogens is 396 g/mol. The maximum atomic E-state index is 10.7. The third kappa shape index (κ3) is 4.16. The summed E-state index contributed by atoms with van der Waals surface area (Å²) >= 11 is 0. The zero-order valence-electron chi connectivity index (χ0n) is 16.9. The number of para-hydroxylation sites is 2. The van der Waals surface area contributed by atoms with E-state index in [0.717, 1.165) is 28.0 Å². The molecule has 0 amide bonds. The van der Waals surface area contributed by atoms with Crippen molar-refractivity contribution in [2.45, 2.75) is 44.2 Å². The lowest BCUT2D eigenvalue weighted by Crippen LogP contribution is -2.25. The van der Waals surface area contributed by atoms with Crippen molar-refractivity contribution in [3.8, 4) is 5.75 Å². The highest BCUT2D eigenvalue weighted by Crippen LogP contribution is 2.35. The molecule has 1 unspecified atom stereocenters. The molecule has 0 aliphatic heterocycles. The topological polar surface area (TPSA) is 47.3 Å². The highest BCUT2D eigenvalue weighted by atomic mass is 35.5. The van der Waals surface area contributed by atoms with Gasteiger partial charge < -0.3 is 14.4 Å². The molecule has 0 radical (unpaired) electrons. The molecule has 1 aliphatic carbocycles. The Morgan fingerprint density at radius 3 is 2.53 bits per heavy atom. The number of aromatic nitrogens is 2. The van der Waals surface area contributed by atoms with Crippen molar-refractivity contribution in [1.29, 1.82) is 0 Å². The molecule has 3 aromatic carbocycles. The van der Waals surface area contributed by atoms with Gasteiger partial charge in [0, 0.05) is 5.92 Å². The van der Waals surface area contributed by atoms with Crippen LogP contribution in [0.3, 0.4) is 0 Å². The Labute approximate surface area is 182 Å². The normalized spacial score (nSPS) is 15.4. The number of aliphatic hydroxyl groups excluding tert-OH is 1. The third-order valence-electron chi connectivity index (χ3n) is 5.96. The van der Waals surface area contributed by atoms with E-state index in [1.165, 1.54) is 31.1 Å². The Kier molecular flexibility index (Phi) is 6.26. The van der Waals surface area contributed by atoms with E-state index in [9.17, 15) is 5.11 Å². The van der Waals surface area contributed by atoms with Crippen LogP contribution in [0.5, 0.6) is 5.75 Å². The van der Waals surface area contributed by atoms with Crippen LogP contribution in [0.4, 0.5) is 0 Å². The number of benzene rings is 3. The Bertz CT molecular complexity index is 1130. The molecule has 5 heteroatoms. The number of halogens is 1. The highest BCUT2D eigenvalue weighted by molar-refractivity contribution is 5.85. The first-order valence-electron chi connectivity index (χ1n) is 10.5. The summed E-state index contributed by atoms with van der Waals surface area (Å²) in [6.45, 7) is 0.759. The molecule has 1 fully saturated rings. The molecule has 0 saturated heterocycles. The summed E-state index contributed by atoms with van der Waals surface area (Å²) in [5.74, 6) is 2.40. The van der Waals surface area contributed by atoms with Crippen LogP contribution >= 0.6 is 12.4 Å². The first-order chi connectivity index (χ1) is 14.3. The van der Waals surface area contributed by atoms with Crippen LogP contribution in [-0.2, 0) is 6.54 Å². The van der Waals surface area contributed by atoms with Crippen molar-refractivity contribution >= 4 is 34.2 Å². The molecular formula is C25H27ClN2O2. The van der Waals surface area contributed by atoms with Crippen molar-refractivity contribution in [1.82, 2.24) is 9.55 Å². The average molecular weight is 423 g/mol. The fraction of sp³-hybridized carbons (Fsp3) is 0.320. The molecule has 1 aromatic heterocycles. The van der Waals surface area contributed by atoms with E-state index >= 15 is 0 Å². The monoisotopic (exact) mass is 422 g/mol. The zero-order valence-corrected chi connectivity index (χ0v) is 17.7. The van der Waals surface area contributed by atoms with Gasteiger partial charge in [0.1, 0.15) is 24.3 Å². The molecule has 4 nitrogen and oxygen atoms in total. The van der Waals surface area contributed by atoms with Crippen LogP contribution < -0.4 is 4.74 Å². The van der Waals surface area contributed by atoms with Gasteiger partial charge in [0.15, 0.2) is 0 Å². The fourth-order valence-electron chi connectivity index (χ4n) is 4.49. The van der Waals surface area contributed by atoms with Gasteiger partial charge in [-0.05, 0) is 47.9 Å². The summed E-state index contributed by atoms with van der Waals surface area (Å²) < 4.78 is 8.13. The molecule has 1 atom stereocenters. The lowest BCUT2D eigenvalue weighted by molar-refractivity contribution is 0.0925. The first kappa shape index (κ1) is 20.7. The predicted molar refractivity (Wildman–Crippen MR) is 124 cm³/mol. The molecule has 5 rings (SSSR count). The summed E-state index contributed by atoms with van der Waals surface area (Å²) in [6.07, 6.45) is 4.31. The standard InChI is InChI=1S/C25H26N2O2.ClH/c28-21(17-29-22-14-13-18-7-1-4-10-20(18)15-22)16-27-24-12-6-5-11-23(24)26-25(27)19-8-2-3-9-19;/h1,4-7,10-15,19,21,28H,2-3,8-9,16-17H2;1H. The van der Waals surface area contributed by atoms with Gasteiger partial charge in [0.25, 0.3) is 0 Å². The lowest BCUT2D eigenvalue weighted by Gasteiger charge is -2.18. The van der Waals surface area contributed by atoms with E-state index in [-0.39, 0.29) is 19.0 Å². The molecule has 30 heavy (non-hydrogen) atoms. The molecule has 1 aliphatic rings. The minimum atomic E-state index is -0.598. The lowest BCUT2D eigenvalue weighted by atomic mass is 10.1. The van der Waals surface area contributed by atoms with Crippen molar-refractivity contribution in [2.24, 2.45) is 0 Å². The second-order valence-electron chi connectivity index (χ2n) is 8.02. The van der Waals surface area contributed by atoms with Gasteiger partial charge in [-0.2, -0.15) is 0 Å². The van der Waals surface area contributed by atoms with Gasteiger partial charge in [-0.15, -0.1) is 12.4 Å². The fourth-order valence-corrected chi connectivity index (χ4v) is 4.49. The largest absolute Gasteiger partial charge is 0.491 e. The van der Waals surface area contributed by atoms with E-state index in [4.69, 9.17) is 9.72 Å². The van der Waals surface area contributed by atoms with Gasteiger partial charge in [0.05, 0.1) is 17.6 Å². The predicted octanol–water partition coefficient (Wildman–Crippen LogP) is 5.71. The Morgan fingerprint density at radius 1 is 0.967 bits per heavy atom. The molecule has 1 N–H and O–H groups in total. The Balaban J connectivity index is 0.00000218. The van der Waals surface area contributed by atoms with Gasteiger partial charge in [-0.25, -0.2) is 4.98 Å². The van der Waals surface area contributed by atoms with Crippen LogP contribution in [-0.4, -0.2) is 27.4 Å². The number of fused-ring (bicyclic) bond motifs is 2. The van der Waals surface area contributed by atoms with Crippen molar-refractivity contribution in [3.05, 3.63) is 72.6 Å². The number of nitrogens with zero attached hydrogens (tertiary/aromatic N) is 2. The minimum Gasteiger partial charge on any atom is -0.491 e. The molecule has 156 valence electrons. The number of hydrogen-bond donors (Lipinski definition) is 1. The summed E-state index contributed by atoms with van der Waals surface area (Å²) in [5.41, 5.74) is 2.11. The molecule has 1 saturated carbocycles. The van der Waals surface area contributed by atoms with Crippen molar-refractivity contribution in [3.63, 3.8) is 0 Å². The van der Waals surface area contributed by atoms with Crippen molar-refractivity contribution in [2.75, 3.05) is 6.61 Å². The maximum Gasteiger partial charge on any atom is 0.120 e. The average Bonchev–Trinajstić information content (AvgIpc) is 3.40. The molecule has 4 aromatic rings. The zero-order chi connectivity index (χ0) is 19.6. The van der Waals surface area contributed by atoms with Gasteiger partial charge >= 0.3 is 0 Å². The number of imidazole rings is 1. The number of ether oxygens (including phenoxy) is 1. The molecule has 1 heterocycles. The van der Waals surface area contributed by atoms with Crippen LogP contribution in [0.2, 0.25) is 0 Å². The highest BCUT2D eigenvalue weighted by Gasteiger charge is 2.24. The van der Waals surface area contributed by atoms with E-state index in [1.807, 2.05) is 36.4 Å². The van der Waals surface area contributed by atoms with E-state index in [2.05, 4.69) is 34.9 Å². The van der Waals surface area contributed by atoms with E-state index in [1.54, 1.807) is 0 Å². The van der Waals surface area contributed by atoms with Crippen LogP contribution in [0, 0.1) is 0 Å². The summed E-state index contributed by atoms with van der Waals surface area (Å²) in [6, 6.07) is 22.5. The maximum absolute atomic E-state index is 10.7. The molecule has 0 spiro atoms. The van der Waals surface area contributed by atoms with Crippen LogP contribution in [0.1, 0.15) is 37.4 Å². The summed E-state index contributed by atoms with van der Waals surface area (Å²) in [4.78, 5) is 4.91. The quantitative estimate of drug-likeness (QED) is 0.433. The second kappa shape index (κ2) is 9.07. The number of rotatable bonds is 6. The number of aliphatic hydroxyl groups is 1. The number of hydrogen-bond acceptors (Lipinski definition) is 3. The van der Waals surface area contributed by atoms with Crippen LogP contribution in [0.15, 0.2) is 66.7 Å². The third-order valence-corrected chi connectivity index (χ3v) is 5.96. The minimum absolute atomic E-state index is 0. The van der Waals surface area contributed by atoms with Gasteiger partial charge in [-0.3, -0.25) is 0 Å². The second-order valence-corrected chi connectivity index (χ2v) is 8.02.